The Hall–Kier alpha value is -2.54. The van der Waals surface area contributed by atoms with Crippen molar-refractivity contribution in [2.24, 2.45) is 0 Å². The zero-order valence-corrected chi connectivity index (χ0v) is 17.0. The third kappa shape index (κ3) is 6.27. The number of carbonyl (C=O) groups is 2. The highest BCUT2D eigenvalue weighted by molar-refractivity contribution is 7.13. The molecule has 0 spiro atoms. The summed E-state index contributed by atoms with van der Waals surface area (Å²) in [6.07, 6.45) is 8.96. The summed E-state index contributed by atoms with van der Waals surface area (Å²) in [5.74, 6) is -0.268. The first-order chi connectivity index (χ1) is 13.6. The van der Waals surface area contributed by atoms with Crippen LogP contribution in [0.3, 0.4) is 0 Å². The first-order valence-electron chi connectivity index (χ1n) is 9.75. The first kappa shape index (κ1) is 20.2. The van der Waals surface area contributed by atoms with Crippen molar-refractivity contribution in [2.75, 3.05) is 11.9 Å². The summed E-state index contributed by atoms with van der Waals surface area (Å²) in [6.45, 7) is 2.68. The van der Waals surface area contributed by atoms with Crippen LogP contribution in [0, 0.1) is 6.92 Å². The van der Waals surface area contributed by atoms with E-state index in [0.29, 0.717) is 29.4 Å². The molecule has 0 saturated carbocycles. The van der Waals surface area contributed by atoms with Crippen molar-refractivity contribution in [1.82, 2.24) is 15.5 Å². The lowest BCUT2D eigenvalue weighted by Gasteiger charge is -2.12. The molecule has 148 valence electrons. The summed E-state index contributed by atoms with van der Waals surface area (Å²) >= 11 is 1.23. The molecule has 0 unspecified atom stereocenters. The average molecular weight is 399 g/mol. The third-order valence-electron chi connectivity index (χ3n) is 4.69. The van der Waals surface area contributed by atoms with E-state index in [1.165, 1.54) is 36.2 Å². The number of aryl methyl sites for hydroxylation is 2. The summed E-state index contributed by atoms with van der Waals surface area (Å²) in [5, 5.41) is 14.8. The van der Waals surface area contributed by atoms with Gasteiger partial charge in [0.25, 0.3) is 5.91 Å². The number of benzene rings is 1. The molecule has 6 nitrogen and oxygen atoms in total. The van der Waals surface area contributed by atoms with E-state index in [9.17, 15) is 9.59 Å². The number of carbonyl (C=O) groups excluding carboxylic acids is 2. The lowest BCUT2D eigenvalue weighted by Crippen LogP contribution is -2.25. The molecule has 0 radical (unpaired) electrons. The van der Waals surface area contributed by atoms with E-state index in [2.05, 4.69) is 26.9 Å². The Kier molecular flexibility index (Phi) is 7.31. The molecule has 0 fully saturated rings. The Labute approximate surface area is 169 Å². The molecule has 2 aromatic rings. The van der Waals surface area contributed by atoms with Crippen molar-refractivity contribution in [2.45, 2.75) is 51.9 Å². The van der Waals surface area contributed by atoms with Crippen LogP contribution >= 0.6 is 11.3 Å². The minimum absolute atomic E-state index is 0.0114. The molecule has 1 heterocycles. The van der Waals surface area contributed by atoms with Crippen LogP contribution in [-0.4, -0.2) is 28.6 Å². The Morgan fingerprint density at radius 2 is 1.93 bits per heavy atom. The van der Waals surface area contributed by atoms with E-state index in [1.807, 2.05) is 31.2 Å². The molecular weight excluding hydrogens is 372 g/mol. The van der Waals surface area contributed by atoms with E-state index < -0.39 is 0 Å². The Balaban J connectivity index is 1.40. The summed E-state index contributed by atoms with van der Waals surface area (Å²) in [4.78, 5) is 24.3. The molecule has 28 heavy (non-hydrogen) atoms. The molecule has 0 bridgehead atoms. The molecule has 7 heteroatoms. The lowest BCUT2D eigenvalue weighted by atomic mass is 9.97. The summed E-state index contributed by atoms with van der Waals surface area (Å²) in [7, 11) is 0. The van der Waals surface area contributed by atoms with Crippen molar-refractivity contribution in [1.29, 1.82) is 0 Å². The normalized spacial score (nSPS) is 13.7. The fourth-order valence-electron chi connectivity index (χ4n) is 3.07. The van der Waals surface area contributed by atoms with Gasteiger partial charge in [-0.3, -0.25) is 9.59 Å². The molecule has 2 amide bonds. The quantitative estimate of drug-likeness (QED) is 0.658. The van der Waals surface area contributed by atoms with Gasteiger partial charge in [0.2, 0.25) is 10.9 Å². The number of allylic oxidation sites excluding steroid dienone is 1. The van der Waals surface area contributed by atoms with Crippen LogP contribution in [-0.2, 0) is 11.2 Å². The molecule has 1 aromatic heterocycles. The van der Waals surface area contributed by atoms with Crippen molar-refractivity contribution >= 4 is 28.8 Å². The van der Waals surface area contributed by atoms with Crippen LogP contribution in [0.15, 0.2) is 35.9 Å². The minimum atomic E-state index is -0.280. The number of anilines is 1. The zero-order chi connectivity index (χ0) is 19.8. The van der Waals surface area contributed by atoms with Crippen molar-refractivity contribution in [3.63, 3.8) is 0 Å². The molecule has 1 aliphatic carbocycles. The Morgan fingerprint density at radius 3 is 2.68 bits per heavy atom. The van der Waals surface area contributed by atoms with Gasteiger partial charge < -0.3 is 10.6 Å². The van der Waals surface area contributed by atoms with Crippen LogP contribution in [0.2, 0.25) is 0 Å². The molecule has 0 aliphatic heterocycles. The third-order valence-corrected chi connectivity index (χ3v) is 5.67. The maximum atomic E-state index is 12.3. The van der Waals surface area contributed by atoms with Crippen LogP contribution in [0.5, 0.6) is 0 Å². The van der Waals surface area contributed by atoms with Crippen LogP contribution in [0.25, 0.3) is 0 Å². The number of rotatable bonds is 8. The van der Waals surface area contributed by atoms with Crippen molar-refractivity contribution < 1.29 is 9.59 Å². The number of hydrogen-bond acceptors (Lipinski definition) is 5. The highest BCUT2D eigenvalue weighted by Gasteiger charge is 2.14. The van der Waals surface area contributed by atoms with Gasteiger partial charge in [0.05, 0.1) is 0 Å². The van der Waals surface area contributed by atoms with Gasteiger partial charge in [0.1, 0.15) is 5.01 Å². The van der Waals surface area contributed by atoms with Gasteiger partial charge in [-0.2, -0.15) is 0 Å². The number of nitrogens with zero attached hydrogens (tertiary/aromatic N) is 2. The number of hydrogen-bond donors (Lipinski definition) is 2. The van der Waals surface area contributed by atoms with Gasteiger partial charge in [-0.25, -0.2) is 0 Å². The largest absolute Gasteiger partial charge is 0.356 e. The smallest absolute Gasteiger partial charge is 0.286 e. The number of nitrogens with one attached hydrogen (secondary N) is 2. The Bertz CT molecular complexity index is 842. The van der Waals surface area contributed by atoms with E-state index >= 15 is 0 Å². The lowest BCUT2D eigenvalue weighted by molar-refractivity contribution is -0.121. The van der Waals surface area contributed by atoms with Crippen LogP contribution in [0.1, 0.15) is 58.9 Å². The minimum Gasteiger partial charge on any atom is -0.356 e. The standard InChI is InChI=1S/C21H26N4O2S/c1-15-7-9-17(10-8-15)23-20(27)21-25-24-19(28-21)12-11-18(26)22-14-13-16-5-3-2-4-6-16/h5,7-10H,2-4,6,11-14H2,1H3,(H,22,26)(H,23,27). The monoisotopic (exact) mass is 398 g/mol. The Morgan fingerprint density at radius 1 is 1.11 bits per heavy atom. The predicted molar refractivity (Wildman–Crippen MR) is 112 cm³/mol. The second-order valence-electron chi connectivity index (χ2n) is 7.03. The molecule has 1 aliphatic rings. The molecule has 0 saturated heterocycles. The van der Waals surface area contributed by atoms with E-state index in [1.54, 1.807) is 0 Å². The SMILES string of the molecule is Cc1ccc(NC(=O)c2nnc(CCC(=O)NCCC3=CCCCC3)s2)cc1. The fraction of sp³-hybridized carbons (Fsp3) is 0.429. The van der Waals surface area contributed by atoms with Crippen LogP contribution in [0.4, 0.5) is 5.69 Å². The topological polar surface area (TPSA) is 84.0 Å². The van der Waals surface area contributed by atoms with Gasteiger partial charge in [-0.15, -0.1) is 10.2 Å². The molecule has 3 rings (SSSR count). The zero-order valence-electron chi connectivity index (χ0n) is 16.2. The number of aromatic nitrogens is 2. The maximum Gasteiger partial charge on any atom is 0.286 e. The molecule has 1 aromatic carbocycles. The van der Waals surface area contributed by atoms with Gasteiger partial charge in [0, 0.05) is 25.1 Å². The van der Waals surface area contributed by atoms with Crippen molar-refractivity contribution in [3.8, 4) is 0 Å². The number of amides is 2. The van der Waals surface area contributed by atoms with Gasteiger partial charge >= 0.3 is 0 Å². The first-order valence-corrected chi connectivity index (χ1v) is 10.6. The summed E-state index contributed by atoms with van der Waals surface area (Å²) in [5.41, 5.74) is 3.31. The van der Waals surface area contributed by atoms with E-state index in [-0.39, 0.29) is 11.8 Å². The maximum absolute atomic E-state index is 12.3. The fourth-order valence-corrected chi connectivity index (χ4v) is 3.81. The summed E-state index contributed by atoms with van der Waals surface area (Å²) in [6, 6.07) is 7.57. The highest BCUT2D eigenvalue weighted by Crippen LogP contribution is 2.19. The van der Waals surface area contributed by atoms with Gasteiger partial charge in [-0.05, 0) is 51.2 Å². The summed E-state index contributed by atoms with van der Waals surface area (Å²) < 4.78 is 0. The van der Waals surface area contributed by atoms with Crippen LogP contribution < -0.4 is 10.6 Å². The molecule has 0 atom stereocenters. The van der Waals surface area contributed by atoms with Gasteiger partial charge in [0.15, 0.2) is 0 Å². The van der Waals surface area contributed by atoms with E-state index in [0.717, 1.165) is 24.1 Å². The molecular formula is C21H26N4O2S. The van der Waals surface area contributed by atoms with Gasteiger partial charge in [-0.1, -0.05) is 40.7 Å². The highest BCUT2D eigenvalue weighted by atomic mass is 32.1. The van der Waals surface area contributed by atoms with E-state index in [4.69, 9.17) is 0 Å². The second-order valence-corrected chi connectivity index (χ2v) is 8.09. The molecule has 2 N–H and O–H groups in total. The average Bonchev–Trinajstić information content (AvgIpc) is 3.18. The second kappa shape index (κ2) is 10.1. The predicted octanol–water partition coefficient (Wildman–Crippen LogP) is 4.04. The van der Waals surface area contributed by atoms with Crippen molar-refractivity contribution in [3.05, 3.63) is 51.5 Å².